The Morgan fingerprint density at radius 3 is 2.50 bits per heavy atom. The largest absolute Gasteiger partial charge is 0.140 e. The Labute approximate surface area is 88.5 Å². The van der Waals surface area contributed by atoms with Crippen LogP contribution in [-0.4, -0.2) is 0 Å². The molecule has 0 aliphatic heterocycles. The second-order valence-corrected chi connectivity index (χ2v) is 4.45. The van der Waals surface area contributed by atoms with E-state index in [1.807, 2.05) is 23.5 Å². The molecule has 70 valence electrons. The van der Waals surface area contributed by atoms with Crippen molar-refractivity contribution in [2.24, 2.45) is 0 Å². The maximum absolute atomic E-state index is 3.81. The van der Waals surface area contributed by atoms with Gasteiger partial charge in [0.05, 0.1) is 0 Å². The normalized spacial score (nSPS) is 10.1. The standard InChI is InChI=1S/C13H12S/c1-3-11-9-13(14-10(11)2)12-7-5-4-6-8-12/h3-9H,1H2,2H3. The molecule has 1 aromatic carbocycles. The highest BCUT2D eigenvalue weighted by atomic mass is 32.1. The van der Waals surface area contributed by atoms with Crippen molar-refractivity contribution in [2.75, 3.05) is 0 Å². The van der Waals surface area contributed by atoms with Crippen LogP contribution >= 0.6 is 11.3 Å². The van der Waals surface area contributed by atoms with Crippen molar-refractivity contribution in [3.8, 4) is 10.4 Å². The molecular weight excluding hydrogens is 188 g/mol. The van der Waals surface area contributed by atoms with Crippen LogP contribution in [0.5, 0.6) is 0 Å². The fraction of sp³-hybridized carbons (Fsp3) is 0.0769. The van der Waals surface area contributed by atoms with Gasteiger partial charge in [-0.05, 0) is 24.1 Å². The lowest BCUT2D eigenvalue weighted by Gasteiger charge is -1.93. The molecule has 1 heterocycles. The lowest BCUT2D eigenvalue weighted by molar-refractivity contribution is 1.60. The summed E-state index contributed by atoms with van der Waals surface area (Å²) in [5.41, 5.74) is 2.53. The zero-order chi connectivity index (χ0) is 9.97. The van der Waals surface area contributed by atoms with Gasteiger partial charge in [-0.25, -0.2) is 0 Å². The van der Waals surface area contributed by atoms with E-state index in [4.69, 9.17) is 0 Å². The smallest absolute Gasteiger partial charge is 0.0351 e. The van der Waals surface area contributed by atoms with Gasteiger partial charge in [0.2, 0.25) is 0 Å². The maximum Gasteiger partial charge on any atom is 0.0351 e. The van der Waals surface area contributed by atoms with Gasteiger partial charge in [0.25, 0.3) is 0 Å². The van der Waals surface area contributed by atoms with Crippen LogP contribution in [-0.2, 0) is 0 Å². The Kier molecular flexibility index (Phi) is 2.51. The molecule has 0 N–H and O–H groups in total. The molecule has 2 aromatic rings. The number of thiophene rings is 1. The van der Waals surface area contributed by atoms with Gasteiger partial charge in [0, 0.05) is 9.75 Å². The first-order valence-electron chi connectivity index (χ1n) is 4.59. The summed E-state index contributed by atoms with van der Waals surface area (Å²) in [6.07, 6.45) is 1.91. The minimum absolute atomic E-state index is 1.24. The van der Waals surface area contributed by atoms with Crippen LogP contribution in [0.15, 0.2) is 43.0 Å². The monoisotopic (exact) mass is 200 g/mol. The Morgan fingerprint density at radius 1 is 1.21 bits per heavy atom. The molecule has 0 saturated carbocycles. The van der Waals surface area contributed by atoms with Crippen molar-refractivity contribution >= 4 is 17.4 Å². The average molecular weight is 200 g/mol. The lowest BCUT2D eigenvalue weighted by atomic mass is 10.1. The van der Waals surface area contributed by atoms with Crippen LogP contribution in [0.3, 0.4) is 0 Å². The number of hydrogen-bond acceptors (Lipinski definition) is 1. The summed E-state index contributed by atoms with van der Waals surface area (Å²) >= 11 is 1.82. The molecule has 14 heavy (non-hydrogen) atoms. The fourth-order valence-corrected chi connectivity index (χ4v) is 2.47. The van der Waals surface area contributed by atoms with E-state index < -0.39 is 0 Å². The maximum atomic E-state index is 3.81. The molecule has 0 unspecified atom stereocenters. The van der Waals surface area contributed by atoms with E-state index in [-0.39, 0.29) is 0 Å². The highest BCUT2D eigenvalue weighted by molar-refractivity contribution is 7.15. The summed E-state index contributed by atoms with van der Waals surface area (Å²) in [5.74, 6) is 0. The van der Waals surface area contributed by atoms with Gasteiger partial charge in [-0.3, -0.25) is 0 Å². The predicted molar refractivity (Wildman–Crippen MR) is 64.6 cm³/mol. The van der Waals surface area contributed by atoms with Crippen LogP contribution in [0.2, 0.25) is 0 Å². The number of hydrogen-bond donors (Lipinski definition) is 0. The van der Waals surface area contributed by atoms with Crippen LogP contribution in [0, 0.1) is 6.92 Å². The Balaban J connectivity index is 2.48. The second kappa shape index (κ2) is 3.81. The summed E-state index contributed by atoms with van der Waals surface area (Å²) in [6.45, 7) is 5.94. The molecule has 0 atom stereocenters. The van der Waals surface area contributed by atoms with Crippen molar-refractivity contribution in [3.05, 3.63) is 53.4 Å². The molecular formula is C13H12S. The summed E-state index contributed by atoms with van der Waals surface area (Å²) < 4.78 is 0. The Bertz CT molecular complexity index is 438. The molecule has 0 radical (unpaired) electrons. The van der Waals surface area contributed by atoms with Crippen molar-refractivity contribution in [3.63, 3.8) is 0 Å². The lowest BCUT2D eigenvalue weighted by Crippen LogP contribution is -1.68. The third-order valence-corrected chi connectivity index (χ3v) is 3.35. The summed E-state index contributed by atoms with van der Waals surface area (Å²) in [5, 5.41) is 0. The minimum Gasteiger partial charge on any atom is -0.140 e. The molecule has 0 amide bonds. The van der Waals surface area contributed by atoms with Crippen molar-refractivity contribution in [2.45, 2.75) is 6.92 Å². The van der Waals surface area contributed by atoms with Gasteiger partial charge in [-0.1, -0.05) is 43.0 Å². The molecule has 2 rings (SSSR count). The fourth-order valence-electron chi connectivity index (χ4n) is 1.44. The Hall–Kier alpha value is -1.34. The summed E-state index contributed by atoms with van der Waals surface area (Å²) in [4.78, 5) is 2.65. The topological polar surface area (TPSA) is 0 Å². The number of aryl methyl sites for hydroxylation is 1. The first-order valence-corrected chi connectivity index (χ1v) is 5.41. The van der Waals surface area contributed by atoms with Crippen molar-refractivity contribution in [1.29, 1.82) is 0 Å². The van der Waals surface area contributed by atoms with Gasteiger partial charge in [-0.15, -0.1) is 11.3 Å². The molecule has 0 saturated heterocycles. The summed E-state index contributed by atoms with van der Waals surface area (Å²) in [6, 6.07) is 12.6. The molecule has 0 fully saturated rings. The second-order valence-electron chi connectivity index (χ2n) is 3.19. The first-order chi connectivity index (χ1) is 6.81. The highest BCUT2D eigenvalue weighted by Gasteiger charge is 2.03. The Morgan fingerprint density at radius 2 is 1.93 bits per heavy atom. The first kappa shape index (κ1) is 9.22. The SMILES string of the molecule is C=Cc1cc(-c2ccccc2)sc1C. The van der Waals surface area contributed by atoms with Gasteiger partial charge in [0.15, 0.2) is 0 Å². The van der Waals surface area contributed by atoms with Gasteiger partial charge in [0.1, 0.15) is 0 Å². The zero-order valence-electron chi connectivity index (χ0n) is 8.16. The number of rotatable bonds is 2. The van der Waals surface area contributed by atoms with Gasteiger partial charge in [-0.2, -0.15) is 0 Å². The van der Waals surface area contributed by atoms with Crippen molar-refractivity contribution < 1.29 is 0 Å². The molecule has 0 aliphatic rings. The van der Waals surface area contributed by atoms with Crippen LogP contribution in [0.25, 0.3) is 16.5 Å². The molecule has 0 nitrogen and oxygen atoms in total. The van der Waals surface area contributed by atoms with Crippen molar-refractivity contribution in [1.82, 2.24) is 0 Å². The third kappa shape index (κ3) is 1.64. The predicted octanol–water partition coefficient (Wildman–Crippen LogP) is 4.37. The van der Waals surface area contributed by atoms with E-state index in [0.29, 0.717) is 0 Å². The number of benzene rings is 1. The molecule has 0 aliphatic carbocycles. The van der Waals surface area contributed by atoms with E-state index in [1.165, 1.54) is 20.9 Å². The van der Waals surface area contributed by atoms with E-state index in [1.54, 1.807) is 0 Å². The van der Waals surface area contributed by atoms with Gasteiger partial charge >= 0.3 is 0 Å². The average Bonchev–Trinajstić information content (AvgIpc) is 2.61. The van der Waals surface area contributed by atoms with Gasteiger partial charge < -0.3 is 0 Å². The highest BCUT2D eigenvalue weighted by Crippen LogP contribution is 2.31. The van der Waals surface area contributed by atoms with Crippen LogP contribution in [0.4, 0.5) is 0 Å². The van der Waals surface area contributed by atoms with Crippen LogP contribution in [0.1, 0.15) is 10.4 Å². The van der Waals surface area contributed by atoms with E-state index in [0.717, 1.165) is 0 Å². The zero-order valence-corrected chi connectivity index (χ0v) is 8.97. The quantitative estimate of drug-likeness (QED) is 0.675. The van der Waals surface area contributed by atoms with E-state index >= 15 is 0 Å². The molecule has 1 aromatic heterocycles. The summed E-state index contributed by atoms with van der Waals surface area (Å²) in [7, 11) is 0. The minimum atomic E-state index is 1.24. The van der Waals surface area contributed by atoms with Crippen LogP contribution < -0.4 is 0 Å². The van der Waals surface area contributed by atoms with E-state index in [9.17, 15) is 0 Å². The third-order valence-electron chi connectivity index (χ3n) is 2.23. The molecule has 1 heteroatoms. The molecule has 0 bridgehead atoms. The van der Waals surface area contributed by atoms with E-state index in [2.05, 4.69) is 43.8 Å². The molecule has 0 spiro atoms.